The summed E-state index contributed by atoms with van der Waals surface area (Å²) in [7, 11) is 1.85. The van der Waals surface area contributed by atoms with E-state index in [1.165, 1.54) is 0 Å². The average Bonchev–Trinajstić information content (AvgIpc) is 2.84. The summed E-state index contributed by atoms with van der Waals surface area (Å²) in [6.07, 6.45) is 6.16. The minimum atomic E-state index is -0.749. The molecule has 0 amide bonds. The molecule has 88 valence electrons. The van der Waals surface area contributed by atoms with E-state index in [9.17, 15) is 4.79 Å². The second-order valence-corrected chi connectivity index (χ2v) is 4.30. The third kappa shape index (κ3) is 2.41. The van der Waals surface area contributed by atoms with Gasteiger partial charge in [0.05, 0.1) is 12.6 Å². The number of rotatable bonds is 4. The van der Waals surface area contributed by atoms with Crippen molar-refractivity contribution >= 4 is 5.97 Å². The first-order valence-corrected chi connectivity index (χ1v) is 5.61. The summed E-state index contributed by atoms with van der Waals surface area (Å²) in [5.74, 6) is -0.749. The molecule has 1 N–H and O–H groups in total. The molecule has 1 aliphatic heterocycles. The van der Waals surface area contributed by atoms with Gasteiger partial charge in [-0.1, -0.05) is 0 Å². The van der Waals surface area contributed by atoms with E-state index in [2.05, 4.69) is 10.00 Å². The lowest BCUT2D eigenvalue weighted by Crippen LogP contribution is -2.27. The maximum absolute atomic E-state index is 10.9. The molecule has 1 unspecified atom stereocenters. The Morgan fingerprint density at radius 1 is 1.56 bits per heavy atom. The number of hydrogen-bond donors (Lipinski definition) is 1. The van der Waals surface area contributed by atoms with Crippen molar-refractivity contribution in [3.63, 3.8) is 0 Å². The van der Waals surface area contributed by atoms with Crippen molar-refractivity contribution in [3.05, 3.63) is 18.0 Å². The van der Waals surface area contributed by atoms with Gasteiger partial charge in [0.2, 0.25) is 0 Å². The Morgan fingerprint density at radius 3 is 2.75 bits per heavy atom. The Balaban J connectivity index is 2.16. The number of aromatic nitrogens is 2. The topological polar surface area (TPSA) is 58.4 Å². The molecule has 0 radical (unpaired) electrons. The summed E-state index contributed by atoms with van der Waals surface area (Å²) < 4.78 is 1.72. The molecule has 1 saturated heterocycles. The molecule has 1 aromatic rings. The van der Waals surface area contributed by atoms with Gasteiger partial charge in [0.1, 0.15) is 0 Å². The predicted molar refractivity (Wildman–Crippen MR) is 59.0 cm³/mol. The third-order valence-electron chi connectivity index (χ3n) is 3.06. The maximum Gasteiger partial charge on any atom is 0.305 e. The molecule has 5 nitrogen and oxygen atoms in total. The van der Waals surface area contributed by atoms with Crippen LogP contribution in [0.2, 0.25) is 0 Å². The van der Waals surface area contributed by atoms with Crippen LogP contribution in [0.4, 0.5) is 0 Å². The van der Waals surface area contributed by atoms with E-state index in [1.807, 2.05) is 13.2 Å². The molecule has 1 atom stereocenters. The summed E-state index contributed by atoms with van der Waals surface area (Å²) in [4.78, 5) is 13.1. The van der Waals surface area contributed by atoms with Crippen LogP contribution < -0.4 is 0 Å². The fourth-order valence-corrected chi connectivity index (χ4v) is 2.29. The van der Waals surface area contributed by atoms with Gasteiger partial charge in [-0.2, -0.15) is 5.10 Å². The molecule has 0 aromatic carbocycles. The monoisotopic (exact) mass is 223 g/mol. The number of carbonyl (C=O) groups is 1. The smallest absolute Gasteiger partial charge is 0.305 e. The molecular formula is C11H17N3O2. The highest BCUT2D eigenvalue weighted by Crippen LogP contribution is 2.27. The van der Waals surface area contributed by atoms with Crippen molar-refractivity contribution in [1.29, 1.82) is 0 Å². The van der Waals surface area contributed by atoms with Crippen LogP contribution in [0, 0.1) is 0 Å². The molecule has 2 rings (SSSR count). The number of aryl methyl sites for hydroxylation is 1. The van der Waals surface area contributed by atoms with E-state index in [-0.39, 0.29) is 12.5 Å². The number of aliphatic carboxylic acids is 1. The van der Waals surface area contributed by atoms with Crippen molar-refractivity contribution in [2.24, 2.45) is 7.05 Å². The lowest BCUT2D eigenvalue weighted by atomic mass is 10.1. The van der Waals surface area contributed by atoms with Gasteiger partial charge in [0.25, 0.3) is 0 Å². The van der Waals surface area contributed by atoms with E-state index in [0.717, 1.165) is 31.5 Å². The molecule has 0 aliphatic carbocycles. The molecule has 1 fully saturated rings. The van der Waals surface area contributed by atoms with Crippen LogP contribution in [0.3, 0.4) is 0 Å². The molecule has 0 bridgehead atoms. The van der Waals surface area contributed by atoms with Crippen LogP contribution in [-0.4, -0.2) is 38.8 Å². The minimum absolute atomic E-state index is 0.0197. The van der Waals surface area contributed by atoms with Crippen LogP contribution in [0.1, 0.15) is 30.9 Å². The first kappa shape index (κ1) is 11.1. The van der Waals surface area contributed by atoms with Gasteiger partial charge in [0.15, 0.2) is 0 Å². The largest absolute Gasteiger partial charge is 0.481 e. The van der Waals surface area contributed by atoms with Crippen molar-refractivity contribution in [3.8, 4) is 0 Å². The Hall–Kier alpha value is -1.36. The molecule has 0 spiro atoms. The van der Waals surface area contributed by atoms with Gasteiger partial charge in [-0.15, -0.1) is 0 Å². The number of carboxylic acids is 1. The second kappa shape index (κ2) is 4.65. The maximum atomic E-state index is 10.9. The van der Waals surface area contributed by atoms with E-state index in [1.54, 1.807) is 10.9 Å². The quantitative estimate of drug-likeness (QED) is 0.828. The summed E-state index contributed by atoms with van der Waals surface area (Å²) in [5.41, 5.74) is 1.01. The lowest BCUT2D eigenvalue weighted by molar-refractivity contribution is -0.138. The highest BCUT2D eigenvalue weighted by molar-refractivity contribution is 5.67. The SMILES string of the molecule is Cn1cc(C(CC(=O)O)N2CCCC2)cn1. The van der Waals surface area contributed by atoms with Gasteiger partial charge in [-0.3, -0.25) is 14.4 Å². The number of nitrogens with zero attached hydrogens (tertiary/aromatic N) is 3. The molecule has 2 heterocycles. The van der Waals surface area contributed by atoms with Crippen molar-refractivity contribution in [1.82, 2.24) is 14.7 Å². The Morgan fingerprint density at radius 2 is 2.25 bits per heavy atom. The van der Waals surface area contributed by atoms with Crippen molar-refractivity contribution in [2.75, 3.05) is 13.1 Å². The molecule has 0 saturated carbocycles. The van der Waals surface area contributed by atoms with Crippen LogP contribution in [0.25, 0.3) is 0 Å². The van der Waals surface area contributed by atoms with Crippen molar-refractivity contribution in [2.45, 2.75) is 25.3 Å². The van der Waals surface area contributed by atoms with Crippen LogP contribution in [0.15, 0.2) is 12.4 Å². The van der Waals surface area contributed by atoms with Gasteiger partial charge in [-0.05, 0) is 25.9 Å². The average molecular weight is 223 g/mol. The Kier molecular flexibility index (Phi) is 3.24. The summed E-state index contributed by atoms with van der Waals surface area (Å²) in [5, 5.41) is 13.1. The zero-order chi connectivity index (χ0) is 11.5. The standard InChI is InChI=1S/C11H17N3O2/c1-13-8-9(7-12-13)10(6-11(15)16)14-4-2-3-5-14/h7-8,10H,2-6H2,1H3,(H,15,16). The number of hydrogen-bond acceptors (Lipinski definition) is 3. The van der Waals surface area contributed by atoms with Crippen molar-refractivity contribution < 1.29 is 9.90 Å². The zero-order valence-electron chi connectivity index (χ0n) is 9.46. The lowest BCUT2D eigenvalue weighted by Gasteiger charge is -2.25. The summed E-state index contributed by atoms with van der Waals surface area (Å²) >= 11 is 0. The third-order valence-corrected chi connectivity index (χ3v) is 3.06. The first-order chi connectivity index (χ1) is 7.66. The normalized spacial score (nSPS) is 18.8. The summed E-state index contributed by atoms with van der Waals surface area (Å²) in [6, 6.07) is -0.0197. The Labute approximate surface area is 94.7 Å². The molecular weight excluding hydrogens is 206 g/mol. The summed E-state index contributed by atoms with van der Waals surface area (Å²) in [6.45, 7) is 1.99. The van der Waals surface area contributed by atoms with Gasteiger partial charge in [-0.25, -0.2) is 0 Å². The van der Waals surface area contributed by atoms with Crippen LogP contribution in [0.5, 0.6) is 0 Å². The fraction of sp³-hybridized carbons (Fsp3) is 0.636. The van der Waals surface area contributed by atoms with Gasteiger partial charge >= 0.3 is 5.97 Å². The zero-order valence-corrected chi connectivity index (χ0v) is 9.46. The molecule has 1 aromatic heterocycles. The fourth-order valence-electron chi connectivity index (χ4n) is 2.29. The number of likely N-dealkylation sites (tertiary alicyclic amines) is 1. The molecule has 16 heavy (non-hydrogen) atoms. The highest BCUT2D eigenvalue weighted by atomic mass is 16.4. The predicted octanol–water partition coefficient (Wildman–Crippen LogP) is 1.03. The van der Waals surface area contributed by atoms with Crippen LogP contribution in [-0.2, 0) is 11.8 Å². The van der Waals surface area contributed by atoms with E-state index in [4.69, 9.17) is 5.11 Å². The minimum Gasteiger partial charge on any atom is -0.481 e. The van der Waals surface area contributed by atoms with E-state index >= 15 is 0 Å². The van der Waals surface area contributed by atoms with E-state index < -0.39 is 5.97 Å². The first-order valence-electron chi connectivity index (χ1n) is 5.61. The molecule has 1 aliphatic rings. The Bertz CT molecular complexity index is 369. The number of carboxylic acid groups (broad SMARTS) is 1. The highest BCUT2D eigenvalue weighted by Gasteiger charge is 2.26. The van der Waals surface area contributed by atoms with Crippen LogP contribution >= 0.6 is 0 Å². The van der Waals surface area contributed by atoms with E-state index in [0.29, 0.717) is 0 Å². The molecule has 5 heteroatoms. The van der Waals surface area contributed by atoms with Gasteiger partial charge in [0, 0.05) is 24.8 Å². The van der Waals surface area contributed by atoms with Gasteiger partial charge < -0.3 is 5.11 Å². The second-order valence-electron chi connectivity index (χ2n) is 4.30.